The van der Waals surface area contributed by atoms with Gasteiger partial charge in [-0.1, -0.05) is 36.4 Å². The second-order valence-electron chi connectivity index (χ2n) is 28.0. The van der Waals surface area contributed by atoms with E-state index in [1.165, 1.54) is 0 Å². The number of hydrogen-bond donors (Lipinski definition) is 7. The van der Waals surface area contributed by atoms with E-state index in [0.29, 0.717) is 108 Å². The van der Waals surface area contributed by atoms with Gasteiger partial charge in [0.2, 0.25) is 23.6 Å². The smallest absolute Gasteiger partial charge is 0.341 e. The van der Waals surface area contributed by atoms with E-state index in [1.54, 1.807) is 79.9 Å². The minimum absolute atomic E-state index is 0.00277. The van der Waals surface area contributed by atoms with E-state index >= 15 is 0 Å². The van der Waals surface area contributed by atoms with Crippen LogP contribution in [0.3, 0.4) is 0 Å². The summed E-state index contributed by atoms with van der Waals surface area (Å²) in [5.41, 5.74) is 2.15. The average Bonchev–Trinajstić information content (AvgIpc) is 1.85. The van der Waals surface area contributed by atoms with Crippen LogP contribution in [0.4, 0.5) is 0 Å². The highest BCUT2D eigenvalue weighted by atomic mass is 16.6. The number of amides is 6. The molecule has 0 saturated heterocycles. The van der Waals surface area contributed by atoms with Crippen molar-refractivity contribution in [2.24, 2.45) is 5.92 Å². The van der Waals surface area contributed by atoms with Crippen LogP contribution in [0.15, 0.2) is 84.9 Å². The van der Waals surface area contributed by atoms with Crippen LogP contribution in [-0.2, 0) is 157 Å². The summed E-state index contributed by atoms with van der Waals surface area (Å²) in [6.07, 6.45) is 3.86. The fourth-order valence-electron chi connectivity index (χ4n) is 11.4. The summed E-state index contributed by atoms with van der Waals surface area (Å²) in [5.74, 6) is -6.07. The van der Waals surface area contributed by atoms with Gasteiger partial charge >= 0.3 is 17.9 Å². The van der Waals surface area contributed by atoms with E-state index < -0.39 is 73.5 Å². The summed E-state index contributed by atoms with van der Waals surface area (Å²) in [6.45, 7) is 8.02. The third kappa shape index (κ3) is 59.3. The van der Waals surface area contributed by atoms with E-state index in [0.717, 1.165) is 28.2 Å². The third-order valence-corrected chi connectivity index (χ3v) is 17.9. The molecule has 3 unspecified atom stereocenters. The van der Waals surface area contributed by atoms with Crippen LogP contribution in [0.25, 0.3) is 0 Å². The lowest BCUT2D eigenvalue weighted by Gasteiger charge is -2.18. The number of rotatable bonds is 87. The number of methoxy groups -OCH3 is 1. The number of Topliss-reactive ketones (excluding diaryl/α,β-unsaturated/α-hetero) is 3. The molecule has 3 aromatic rings. The van der Waals surface area contributed by atoms with Crippen LogP contribution in [-0.4, -0.2) is 368 Å². The van der Waals surface area contributed by atoms with E-state index in [4.69, 9.17) is 110 Å². The highest BCUT2D eigenvalue weighted by Crippen LogP contribution is 2.21. The zero-order valence-electron chi connectivity index (χ0n) is 72.7. The second-order valence-corrected chi connectivity index (χ2v) is 28.0. The first-order chi connectivity index (χ1) is 61.8. The Bertz CT molecular complexity index is 3560. The van der Waals surface area contributed by atoms with Gasteiger partial charge in [-0.15, -0.1) is 0 Å². The van der Waals surface area contributed by atoms with Crippen molar-refractivity contribution in [2.45, 2.75) is 89.1 Å². The summed E-state index contributed by atoms with van der Waals surface area (Å²) in [7, 11) is 1.61. The second kappa shape index (κ2) is 73.5. The number of carbonyl (C=O) groups is 12. The lowest BCUT2D eigenvalue weighted by atomic mass is 9.92. The number of nitrogens with one attached hydrogen (secondary N) is 4. The largest absolute Gasteiger partial charge is 0.482 e. The predicted octanol–water partition coefficient (Wildman–Crippen LogP) is 1.98. The van der Waals surface area contributed by atoms with Gasteiger partial charge in [0.05, 0.1) is 217 Å². The van der Waals surface area contributed by atoms with Gasteiger partial charge in [0.25, 0.3) is 11.8 Å². The van der Waals surface area contributed by atoms with Crippen molar-refractivity contribution in [3.05, 3.63) is 102 Å². The minimum atomic E-state index is -1.13. The Morgan fingerprint density at radius 3 is 0.945 bits per heavy atom. The van der Waals surface area contributed by atoms with E-state index in [9.17, 15) is 57.5 Å². The molecule has 1 aliphatic rings. The van der Waals surface area contributed by atoms with Crippen LogP contribution in [0.2, 0.25) is 0 Å². The molecule has 0 radical (unpaired) electrons. The molecule has 0 bridgehead atoms. The number of ketones is 3. The quantitative estimate of drug-likeness (QED) is 0.0314. The number of carboxylic acids is 3. The van der Waals surface area contributed by atoms with Crippen molar-refractivity contribution in [3.63, 3.8) is 0 Å². The van der Waals surface area contributed by atoms with Crippen LogP contribution in [0.5, 0.6) is 17.2 Å². The molecule has 127 heavy (non-hydrogen) atoms. The van der Waals surface area contributed by atoms with Gasteiger partial charge in [-0.3, -0.25) is 48.1 Å². The highest BCUT2D eigenvalue weighted by Gasteiger charge is 2.27. The minimum Gasteiger partial charge on any atom is -0.482 e. The van der Waals surface area contributed by atoms with Gasteiger partial charge < -0.3 is 131 Å². The predicted molar refractivity (Wildman–Crippen MR) is 451 cm³/mol. The van der Waals surface area contributed by atoms with Crippen LogP contribution in [0.1, 0.15) is 74.5 Å². The topological polar surface area (TPSA) is 501 Å². The molecule has 4 rings (SSSR count). The Kier molecular flexibility index (Phi) is 63.6. The van der Waals surface area contributed by atoms with Gasteiger partial charge in [-0.25, -0.2) is 14.4 Å². The number of nitrogens with zero attached hydrogens (tertiary/aromatic N) is 1. The van der Waals surface area contributed by atoms with Gasteiger partial charge in [-0.2, -0.15) is 0 Å². The molecular formula is C87H129N5O35. The highest BCUT2D eigenvalue weighted by molar-refractivity contribution is 6.13. The van der Waals surface area contributed by atoms with Crippen molar-refractivity contribution in [3.8, 4) is 17.2 Å². The van der Waals surface area contributed by atoms with E-state index in [-0.39, 0.29) is 264 Å². The van der Waals surface area contributed by atoms with Crippen molar-refractivity contribution in [1.82, 2.24) is 26.2 Å². The molecule has 1 aliphatic heterocycles. The lowest BCUT2D eigenvalue weighted by molar-refractivity contribution is -0.140. The van der Waals surface area contributed by atoms with Crippen molar-refractivity contribution in [2.75, 3.05) is 265 Å². The summed E-state index contributed by atoms with van der Waals surface area (Å²) in [5, 5.41) is 38.1. The Morgan fingerprint density at radius 1 is 0.323 bits per heavy atom. The molecule has 0 spiro atoms. The maximum absolute atomic E-state index is 13.6. The summed E-state index contributed by atoms with van der Waals surface area (Å²) in [6, 6.07) is 18.0. The first kappa shape index (κ1) is 110. The molecule has 3 aromatic carbocycles. The standard InChI is InChI=1S/C87H129N5O35/c1-108-34-35-116-50-51-124-59-53-118-44-37-110-28-3-5-78(95)76(62-69-10-16-74(17-11-69)127-66-86(105)106)91-81(98)23-31-113-40-47-121-56-58-123-49-42-115-33-25-89-87(107)70(60-67-6-12-72(13-7-67)125-64-84(101)102)63-71(93)21-29-111-38-45-119-54-52-117-43-36-109-27-2-4-77(94)75(61-68-8-14-73(15-9-68)126-65-85(103)104)90-80(97)22-30-112-39-46-120-55-57-122-48-41-114-32-24-88-79(96)20-26-92-82(99)18-19-83(92)100/h6-19,70,75-76H,2-5,20-66H2,1H3,(H,88,96)(H,89,107)(H,90,97)(H,91,98)(H,101,102)(H,103,104)(H,105,106). The maximum Gasteiger partial charge on any atom is 0.341 e. The third-order valence-electron chi connectivity index (χ3n) is 17.9. The Labute approximate surface area is 740 Å². The molecule has 0 aromatic heterocycles. The van der Waals surface area contributed by atoms with Crippen molar-refractivity contribution in [1.29, 1.82) is 0 Å². The van der Waals surface area contributed by atoms with Gasteiger partial charge in [0, 0.05) is 103 Å². The first-order valence-corrected chi connectivity index (χ1v) is 42.6. The zero-order chi connectivity index (χ0) is 91.6. The zero-order valence-corrected chi connectivity index (χ0v) is 72.7. The molecule has 40 heteroatoms. The Hall–Kier alpha value is -9.44. The maximum atomic E-state index is 13.6. The summed E-state index contributed by atoms with van der Waals surface area (Å²) in [4.78, 5) is 149. The van der Waals surface area contributed by atoms with E-state index in [2.05, 4.69) is 21.3 Å². The van der Waals surface area contributed by atoms with Crippen molar-refractivity contribution < 1.29 is 168 Å². The molecule has 0 aliphatic carbocycles. The number of carbonyl (C=O) groups excluding carboxylic acids is 9. The number of imide groups is 1. The van der Waals surface area contributed by atoms with Crippen LogP contribution < -0.4 is 35.5 Å². The van der Waals surface area contributed by atoms with Gasteiger partial charge in [0.15, 0.2) is 31.4 Å². The normalized spacial score (nSPS) is 12.5. The lowest BCUT2D eigenvalue weighted by Crippen LogP contribution is -2.42. The number of aliphatic carboxylic acids is 3. The molecule has 7 N–H and O–H groups in total. The molecule has 40 nitrogen and oxygen atoms in total. The Balaban J connectivity index is 1.02. The molecule has 3 atom stereocenters. The van der Waals surface area contributed by atoms with Gasteiger partial charge in [-0.05, 0) is 85.2 Å². The van der Waals surface area contributed by atoms with Crippen molar-refractivity contribution >= 4 is 70.7 Å². The molecule has 0 fully saturated rings. The summed E-state index contributed by atoms with van der Waals surface area (Å²) < 4.78 is 110. The Morgan fingerprint density at radius 2 is 0.614 bits per heavy atom. The molecule has 1 heterocycles. The first-order valence-electron chi connectivity index (χ1n) is 42.6. The molecular weight excluding hydrogens is 1670 g/mol. The molecule has 0 saturated carbocycles. The number of benzene rings is 3. The average molecular weight is 1800 g/mol. The summed E-state index contributed by atoms with van der Waals surface area (Å²) >= 11 is 0. The number of hydrogen-bond acceptors (Lipinski definition) is 32. The fraction of sp³-hybridized carbons (Fsp3) is 0.632. The number of ether oxygens (including phenoxy) is 20. The molecule has 712 valence electrons. The molecule has 6 amide bonds. The SMILES string of the molecule is COCCOCCOCCOCCOCCCC(=O)C(Cc1ccc(OCC(=O)O)cc1)NC(=O)CCOCCOCCOCCOCCNC(=O)C(CC(=O)CCOCCOCCOCCOCCCC(=O)C(Cc1ccc(OCC(=O)O)cc1)NC(=O)CCOCCOCCOCCOCCNC(=O)CCN1C(=O)C=CC1=O)Cc1ccc(OCC(=O)O)cc1. The number of carboxylic acid groups (broad SMARTS) is 3. The van der Waals surface area contributed by atoms with Gasteiger partial charge in [0.1, 0.15) is 23.0 Å². The van der Waals surface area contributed by atoms with Crippen LogP contribution >= 0.6 is 0 Å². The monoisotopic (exact) mass is 1800 g/mol. The fourth-order valence-corrected chi connectivity index (χ4v) is 11.4. The van der Waals surface area contributed by atoms with Crippen LogP contribution in [0, 0.1) is 5.92 Å². The van der Waals surface area contributed by atoms with E-state index in [1.807, 2.05) is 0 Å².